The van der Waals surface area contributed by atoms with Gasteiger partial charge in [0.25, 0.3) is 0 Å². The summed E-state index contributed by atoms with van der Waals surface area (Å²) < 4.78 is 11.5. The Labute approximate surface area is 112 Å². The van der Waals surface area contributed by atoms with Crippen LogP contribution in [0.5, 0.6) is 0 Å². The van der Waals surface area contributed by atoms with Crippen LogP contribution in [0.15, 0.2) is 16.8 Å². The molecule has 1 spiro atoms. The Kier molecular flexibility index (Phi) is 3.99. The van der Waals surface area contributed by atoms with Gasteiger partial charge < -0.3 is 14.8 Å². The average Bonchev–Trinajstić information content (AvgIpc) is 2.91. The van der Waals surface area contributed by atoms with Gasteiger partial charge in [0, 0.05) is 32.4 Å². The molecule has 1 unspecified atom stereocenters. The molecule has 3 heterocycles. The third kappa shape index (κ3) is 2.94. The monoisotopic (exact) mass is 267 g/mol. The molecule has 0 aromatic carbocycles. The summed E-state index contributed by atoms with van der Waals surface area (Å²) in [5, 5.41) is 8.04. The van der Waals surface area contributed by atoms with Crippen LogP contribution in [-0.4, -0.2) is 31.5 Å². The Morgan fingerprint density at radius 2 is 2.22 bits per heavy atom. The van der Waals surface area contributed by atoms with E-state index in [1.165, 1.54) is 5.56 Å². The molecule has 2 aliphatic heterocycles. The highest BCUT2D eigenvalue weighted by Crippen LogP contribution is 2.34. The second kappa shape index (κ2) is 5.70. The molecule has 1 atom stereocenters. The van der Waals surface area contributed by atoms with Crippen LogP contribution < -0.4 is 5.32 Å². The van der Waals surface area contributed by atoms with Gasteiger partial charge in [0.2, 0.25) is 0 Å². The summed E-state index contributed by atoms with van der Waals surface area (Å²) in [6, 6.07) is 2.79. The maximum Gasteiger partial charge on any atom is 0.0741 e. The van der Waals surface area contributed by atoms with Crippen LogP contribution in [0.25, 0.3) is 0 Å². The molecule has 2 fully saturated rings. The van der Waals surface area contributed by atoms with Gasteiger partial charge in [0.1, 0.15) is 0 Å². The van der Waals surface area contributed by atoms with Gasteiger partial charge in [-0.25, -0.2) is 0 Å². The van der Waals surface area contributed by atoms with Gasteiger partial charge in [-0.15, -0.1) is 0 Å². The van der Waals surface area contributed by atoms with Gasteiger partial charge in [-0.3, -0.25) is 0 Å². The molecular formula is C14H21NO2S. The van der Waals surface area contributed by atoms with Crippen LogP contribution >= 0.6 is 11.3 Å². The van der Waals surface area contributed by atoms with Crippen molar-refractivity contribution in [2.24, 2.45) is 0 Å². The van der Waals surface area contributed by atoms with E-state index in [9.17, 15) is 0 Å². The molecule has 1 aromatic heterocycles. The molecule has 100 valence electrons. The average molecular weight is 267 g/mol. The smallest absolute Gasteiger partial charge is 0.0741 e. The van der Waals surface area contributed by atoms with Crippen molar-refractivity contribution in [3.05, 3.63) is 22.4 Å². The Hall–Kier alpha value is -0.420. The summed E-state index contributed by atoms with van der Waals surface area (Å²) in [5.74, 6) is 0. The van der Waals surface area contributed by atoms with E-state index in [0.717, 1.165) is 52.0 Å². The van der Waals surface area contributed by atoms with E-state index in [0.29, 0.717) is 6.04 Å². The first-order valence-electron chi connectivity index (χ1n) is 6.83. The first-order valence-corrected chi connectivity index (χ1v) is 7.77. The summed E-state index contributed by atoms with van der Waals surface area (Å²) in [6.45, 7) is 3.59. The van der Waals surface area contributed by atoms with Gasteiger partial charge >= 0.3 is 0 Å². The molecular weight excluding hydrogens is 246 g/mol. The quantitative estimate of drug-likeness (QED) is 0.913. The van der Waals surface area contributed by atoms with Crippen LogP contribution in [0, 0.1) is 0 Å². The van der Waals surface area contributed by atoms with E-state index < -0.39 is 0 Å². The van der Waals surface area contributed by atoms with Crippen molar-refractivity contribution in [2.75, 3.05) is 19.8 Å². The minimum atomic E-state index is 0.100. The number of nitrogens with one attached hydrogen (secondary N) is 1. The number of hydrogen-bond donors (Lipinski definition) is 1. The maximum atomic E-state index is 6.06. The standard InChI is InChI=1S/C14H21NO2S/c1-5-17-14(3-6-16-7-4-14)9-13(1)15-10-12-2-8-18-11-12/h2,8,11,13,15H,1,3-7,9-10H2. The first kappa shape index (κ1) is 12.6. The predicted octanol–water partition coefficient (Wildman–Crippen LogP) is 2.57. The second-order valence-corrected chi connectivity index (χ2v) is 6.13. The predicted molar refractivity (Wildman–Crippen MR) is 72.9 cm³/mol. The molecule has 0 amide bonds. The molecule has 2 aliphatic rings. The van der Waals surface area contributed by atoms with Gasteiger partial charge in [0.05, 0.1) is 5.60 Å². The highest BCUT2D eigenvalue weighted by molar-refractivity contribution is 7.07. The lowest BCUT2D eigenvalue weighted by molar-refractivity contribution is -0.140. The van der Waals surface area contributed by atoms with Crippen LogP contribution in [0.4, 0.5) is 0 Å². The van der Waals surface area contributed by atoms with Crippen molar-refractivity contribution < 1.29 is 9.47 Å². The maximum absolute atomic E-state index is 6.06. The largest absolute Gasteiger partial charge is 0.381 e. The van der Waals surface area contributed by atoms with Crippen molar-refractivity contribution in [2.45, 2.75) is 43.9 Å². The molecule has 1 aromatic rings. The molecule has 0 bridgehead atoms. The molecule has 0 radical (unpaired) electrons. The summed E-state index contributed by atoms with van der Waals surface area (Å²) >= 11 is 1.77. The molecule has 3 nitrogen and oxygen atoms in total. The van der Waals surface area contributed by atoms with Crippen molar-refractivity contribution >= 4 is 11.3 Å². The molecule has 3 rings (SSSR count). The lowest BCUT2D eigenvalue weighted by atomic mass is 9.84. The van der Waals surface area contributed by atoms with Crippen LogP contribution in [0.3, 0.4) is 0 Å². The Balaban J connectivity index is 1.53. The lowest BCUT2D eigenvalue weighted by Crippen LogP contribution is -2.49. The zero-order valence-electron chi connectivity index (χ0n) is 10.7. The first-order chi connectivity index (χ1) is 8.86. The molecule has 2 saturated heterocycles. The fourth-order valence-corrected chi connectivity index (χ4v) is 3.62. The van der Waals surface area contributed by atoms with Crippen LogP contribution in [0.2, 0.25) is 0 Å². The summed E-state index contributed by atoms with van der Waals surface area (Å²) in [4.78, 5) is 0. The lowest BCUT2D eigenvalue weighted by Gasteiger charge is -2.43. The van der Waals surface area contributed by atoms with Gasteiger partial charge in [-0.2, -0.15) is 11.3 Å². The number of ether oxygens (including phenoxy) is 2. The fraction of sp³-hybridized carbons (Fsp3) is 0.714. The van der Waals surface area contributed by atoms with Crippen molar-refractivity contribution in [3.8, 4) is 0 Å². The fourth-order valence-electron chi connectivity index (χ4n) is 2.95. The minimum absolute atomic E-state index is 0.100. The van der Waals surface area contributed by atoms with Crippen molar-refractivity contribution in [1.82, 2.24) is 5.32 Å². The Morgan fingerprint density at radius 1 is 1.33 bits per heavy atom. The molecule has 18 heavy (non-hydrogen) atoms. The minimum Gasteiger partial charge on any atom is -0.381 e. The van der Waals surface area contributed by atoms with Crippen molar-refractivity contribution in [3.63, 3.8) is 0 Å². The normalized spacial score (nSPS) is 27.4. The van der Waals surface area contributed by atoms with E-state index in [1.807, 2.05) is 0 Å². The van der Waals surface area contributed by atoms with E-state index >= 15 is 0 Å². The van der Waals surface area contributed by atoms with Gasteiger partial charge in [-0.05, 0) is 48.1 Å². The van der Waals surface area contributed by atoms with E-state index in [-0.39, 0.29) is 5.60 Å². The van der Waals surface area contributed by atoms with Gasteiger partial charge in [-0.1, -0.05) is 0 Å². The highest BCUT2D eigenvalue weighted by atomic mass is 32.1. The Bertz CT molecular complexity index is 354. The third-order valence-electron chi connectivity index (χ3n) is 4.07. The van der Waals surface area contributed by atoms with E-state index in [4.69, 9.17) is 9.47 Å². The SMILES string of the molecule is c1cc(CNC2CCOC3(CCOCC3)C2)cs1. The molecule has 1 N–H and O–H groups in total. The van der Waals surface area contributed by atoms with Crippen molar-refractivity contribution in [1.29, 1.82) is 0 Å². The number of thiophene rings is 1. The van der Waals surface area contributed by atoms with E-state index in [2.05, 4.69) is 22.1 Å². The molecule has 0 saturated carbocycles. The third-order valence-corrected chi connectivity index (χ3v) is 4.80. The molecule has 0 aliphatic carbocycles. The van der Waals surface area contributed by atoms with Crippen LogP contribution in [-0.2, 0) is 16.0 Å². The summed E-state index contributed by atoms with van der Waals surface area (Å²) in [7, 11) is 0. The van der Waals surface area contributed by atoms with Crippen LogP contribution in [0.1, 0.15) is 31.2 Å². The highest BCUT2D eigenvalue weighted by Gasteiger charge is 2.38. The number of rotatable bonds is 3. The second-order valence-electron chi connectivity index (χ2n) is 5.35. The number of hydrogen-bond acceptors (Lipinski definition) is 4. The summed E-state index contributed by atoms with van der Waals surface area (Å²) in [5.41, 5.74) is 1.50. The van der Waals surface area contributed by atoms with Gasteiger partial charge in [0.15, 0.2) is 0 Å². The van der Waals surface area contributed by atoms with E-state index in [1.54, 1.807) is 11.3 Å². The zero-order chi connectivity index (χ0) is 12.3. The summed E-state index contributed by atoms with van der Waals surface area (Å²) in [6.07, 6.45) is 4.39. The topological polar surface area (TPSA) is 30.5 Å². The molecule has 4 heteroatoms. The zero-order valence-corrected chi connectivity index (χ0v) is 11.5. The Morgan fingerprint density at radius 3 is 3.00 bits per heavy atom.